The van der Waals surface area contributed by atoms with Crippen molar-refractivity contribution in [1.82, 2.24) is 9.80 Å². The number of rotatable bonds is 14. The van der Waals surface area contributed by atoms with E-state index in [0.717, 1.165) is 44.6 Å². The molecule has 1 atom stereocenters. The number of carbonyl (C=O) groups excluding carboxylic acids is 4. The van der Waals surface area contributed by atoms with Crippen LogP contribution in [0, 0.1) is 5.92 Å². The minimum absolute atomic E-state index is 0.0817. The van der Waals surface area contributed by atoms with E-state index in [1.165, 1.54) is 4.90 Å². The Labute approximate surface area is 263 Å². The van der Waals surface area contributed by atoms with Crippen LogP contribution >= 0.6 is 12.2 Å². The van der Waals surface area contributed by atoms with Crippen molar-refractivity contribution >= 4 is 52.4 Å². The standard InChI is InChI=1S/C32H41N5O6S/c1-3-20-43-26-12-8-24(9-13-26)34-28(38)21-27-30(40)37(25-10-6-23(7-11-25)31(41)42-4-2)32(44)36(27)17-5-16-35-18-14-22(15-19-35)29(33)39/h6-13,22,27H,3-5,14-21H2,1-2H3,(H2,33,39)(H,34,38)/t27-/m0/s1. The lowest BCUT2D eigenvalue weighted by atomic mass is 9.96. The first-order valence-electron chi connectivity index (χ1n) is 15.2. The van der Waals surface area contributed by atoms with Crippen LogP contribution in [0.4, 0.5) is 11.4 Å². The molecular weight excluding hydrogens is 582 g/mol. The monoisotopic (exact) mass is 623 g/mol. The molecule has 4 rings (SSSR count). The van der Waals surface area contributed by atoms with Gasteiger partial charge < -0.3 is 30.3 Å². The summed E-state index contributed by atoms with van der Waals surface area (Å²) >= 11 is 5.80. The molecule has 0 unspecified atom stereocenters. The van der Waals surface area contributed by atoms with Crippen molar-refractivity contribution in [2.75, 3.05) is 49.6 Å². The summed E-state index contributed by atoms with van der Waals surface area (Å²) in [6.45, 7) is 7.43. The van der Waals surface area contributed by atoms with Gasteiger partial charge in [-0.3, -0.25) is 19.3 Å². The van der Waals surface area contributed by atoms with Crippen molar-refractivity contribution in [2.24, 2.45) is 11.7 Å². The van der Waals surface area contributed by atoms with E-state index >= 15 is 0 Å². The third-order valence-corrected chi connectivity index (χ3v) is 8.23. The number of primary amides is 1. The average molecular weight is 624 g/mol. The summed E-state index contributed by atoms with van der Waals surface area (Å²) in [5.74, 6) is -0.679. The molecule has 0 bridgehead atoms. The number of amides is 3. The van der Waals surface area contributed by atoms with E-state index in [1.54, 1.807) is 55.5 Å². The average Bonchev–Trinajstić information content (AvgIpc) is 3.25. The van der Waals surface area contributed by atoms with Crippen LogP contribution in [0.5, 0.6) is 5.75 Å². The molecular formula is C32H41N5O6S. The number of nitrogens with zero attached hydrogens (tertiary/aromatic N) is 3. The van der Waals surface area contributed by atoms with Gasteiger partial charge in [-0.2, -0.15) is 0 Å². The van der Waals surface area contributed by atoms with Crippen LogP contribution in [0.25, 0.3) is 0 Å². The van der Waals surface area contributed by atoms with Crippen LogP contribution < -0.4 is 20.7 Å². The van der Waals surface area contributed by atoms with Gasteiger partial charge >= 0.3 is 5.97 Å². The van der Waals surface area contributed by atoms with E-state index in [2.05, 4.69) is 10.2 Å². The third kappa shape index (κ3) is 8.32. The molecule has 2 heterocycles. The Hall–Kier alpha value is -4.03. The number of esters is 1. The van der Waals surface area contributed by atoms with Crippen molar-refractivity contribution in [3.05, 3.63) is 54.1 Å². The van der Waals surface area contributed by atoms with Crippen LogP contribution in [0.3, 0.4) is 0 Å². The molecule has 2 aliphatic rings. The largest absolute Gasteiger partial charge is 0.494 e. The minimum Gasteiger partial charge on any atom is -0.494 e. The van der Waals surface area contributed by atoms with Gasteiger partial charge in [0.25, 0.3) is 5.91 Å². The number of hydrogen-bond donors (Lipinski definition) is 2. The minimum atomic E-state index is -0.792. The summed E-state index contributed by atoms with van der Waals surface area (Å²) in [6, 6.07) is 12.8. The number of carbonyl (C=O) groups is 4. The lowest BCUT2D eigenvalue weighted by molar-refractivity contribution is -0.124. The second-order valence-corrected chi connectivity index (χ2v) is 11.3. The van der Waals surface area contributed by atoms with E-state index in [4.69, 9.17) is 27.4 Å². The van der Waals surface area contributed by atoms with Gasteiger partial charge in [-0.05, 0) is 113 Å². The van der Waals surface area contributed by atoms with Gasteiger partial charge in [-0.25, -0.2) is 4.79 Å². The van der Waals surface area contributed by atoms with E-state index in [0.29, 0.717) is 41.6 Å². The number of nitrogens with two attached hydrogens (primary N) is 1. The van der Waals surface area contributed by atoms with E-state index in [1.807, 2.05) is 11.8 Å². The highest BCUT2D eigenvalue weighted by molar-refractivity contribution is 7.80. The van der Waals surface area contributed by atoms with Gasteiger partial charge in [0, 0.05) is 18.2 Å². The maximum absolute atomic E-state index is 13.8. The molecule has 11 nitrogen and oxygen atoms in total. The lowest BCUT2D eigenvalue weighted by Crippen LogP contribution is -2.41. The maximum atomic E-state index is 13.8. The molecule has 2 fully saturated rings. The molecule has 44 heavy (non-hydrogen) atoms. The highest BCUT2D eigenvalue weighted by atomic mass is 32.1. The Kier molecular flexibility index (Phi) is 11.7. The van der Waals surface area contributed by atoms with Gasteiger partial charge in [0.2, 0.25) is 11.8 Å². The Balaban J connectivity index is 1.45. The van der Waals surface area contributed by atoms with Crippen molar-refractivity contribution in [1.29, 1.82) is 0 Å². The predicted molar refractivity (Wildman–Crippen MR) is 171 cm³/mol. The number of thiocarbonyl (C=S) groups is 1. The molecule has 0 aliphatic carbocycles. The van der Waals surface area contributed by atoms with Gasteiger partial charge in [0.05, 0.1) is 30.9 Å². The molecule has 3 amide bonds. The van der Waals surface area contributed by atoms with Gasteiger partial charge in [-0.1, -0.05) is 6.92 Å². The van der Waals surface area contributed by atoms with Crippen molar-refractivity contribution in [2.45, 2.75) is 52.0 Å². The molecule has 2 aromatic carbocycles. The fourth-order valence-corrected chi connectivity index (χ4v) is 5.85. The molecule has 0 aromatic heterocycles. The van der Waals surface area contributed by atoms with Gasteiger partial charge in [-0.15, -0.1) is 0 Å². The second kappa shape index (κ2) is 15.6. The fraction of sp³-hybridized carbons (Fsp3) is 0.469. The summed E-state index contributed by atoms with van der Waals surface area (Å²) in [5.41, 5.74) is 6.95. The number of piperidine rings is 1. The Morgan fingerprint density at radius 2 is 1.68 bits per heavy atom. The number of hydrogen-bond acceptors (Lipinski definition) is 8. The van der Waals surface area contributed by atoms with Crippen LogP contribution in [0.2, 0.25) is 0 Å². The zero-order valence-corrected chi connectivity index (χ0v) is 26.1. The first-order chi connectivity index (χ1) is 21.2. The summed E-state index contributed by atoms with van der Waals surface area (Å²) in [6.07, 6.45) is 2.99. The first-order valence-corrected chi connectivity index (χ1v) is 15.6. The molecule has 3 N–H and O–H groups in total. The molecule has 236 valence electrons. The predicted octanol–water partition coefficient (Wildman–Crippen LogP) is 3.57. The highest BCUT2D eigenvalue weighted by Crippen LogP contribution is 2.29. The molecule has 0 saturated carbocycles. The SMILES string of the molecule is CCCOc1ccc(NC(=O)C[C@H]2C(=O)N(c3ccc(C(=O)OCC)cc3)C(=S)N2CCCN2CCC(C(N)=O)CC2)cc1. The summed E-state index contributed by atoms with van der Waals surface area (Å²) in [4.78, 5) is 56.2. The lowest BCUT2D eigenvalue weighted by Gasteiger charge is -2.31. The topological polar surface area (TPSA) is 135 Å². The van der Waals surface area contributed by atoms with E-state index < -0.39 is 12.0 Å². The Bertz CT molecular complexity index is 1330. The number of benzene rings is 2. The number of ether oxygens (including phenoxy) is 2. The summed E-state index contributed by atoms with van der Waals surface area (Å²) < 4.78 is 10.7. The quantitative estimate of drug-likeness (QED) is 0.239. The number of likely N-dealkylation sites (tertiary alicyclic amines) is 1. The molecule has 12 heteroatoms. The fourth-order valence-electron chi connectivity index (χ4n) is 5.43. The van der Waals surface area contributed by atoms with Gasteiger partial charge in [0.15, 0.2) is 5.11 Å². The maximum Gasteiger partial charge on any atom is 0.338 e. The van der Waals surface area contributed by atoms with E-state index in [9.17, 15) is 19.2 Å². The second-order valence-electron chi connectivity index (χ2n) is 10.9. The smallest absolute Gasteiger partial charge is 0.338 e. The molecule has 2 aromatic rings. The van der Waals surface area contributed by atoms with Crippen molar-refractivity contribution in [3.63, 3.8) is 0 Å². The zero-order chi connectivity index (χ0) is 31.6. The molecule has 2 aliphatic heterocycles. The Morgan fingerprint density at radius 3 is 2.30 bits per heavy atom. The van der Waals surface area contributed by atoms with Crippen molar-refractivity contribution in [3.8, 4) is 5.75 Å². The Morgan fingerprint density at radius 1 is 1.00 bits per heavy atom. The molecule has 0 radical (unpaired) electrons. The van der Waals surface area contributed by atoms with Crippen LogP contribution in [0.15, 0.2) is 48.5 Å². The van der Waals surface area contributed by atoms with Crippen LogP contribution in [0.1, 0.15) is 56.3 Å². The van der Waals surface area contributed by atoms with Crippen LogP contribution in [-0.4, -0.2) is 84.0 Å². The van der Waals surface area contributed by atoms with E-state index in [-0.39, 0.29) is 36.7 Å². The first kappa shape index (κ1) is 32.9. The number of nitrogens with one attached hydrogen (secondary N) is 1. The molecule has 2 saturated heterocycles. The molecule has 0 spiro atoms. The third-order valence-electron chi connectivity index (χ3n) is 7.81. The van der Waals surface area contributed by atoms with Crippen molar-refractivity contribution < 1.29 is 28.7 Å². The number of anilines is 2. The highest BCUT2D eigenvalue weighted by Gasteiger charge is 2.44. The zero-order valence-electron chi connectivity index (χ0n) is 25.3. The van der Waals surface area contributed by atoms with Gasteiger partial charge in [0.1, 0.15) is 11.8 Å². The normalized spacial score (nSPS) is 17.5. The summed E-state index contributed by atoms with van der Waals surface area (Å²) in [7, 11) is 0. The van der Waals surface area contributed by atoms with Crippen LogP contribution in [-0.2, 0) is 19.1 Å². The summed E-state index contributed by atoms with van der Waals surface area (Å²) in [5, 5.41) is 3.19.